The fourth-order valence-corrected chi connectivity index (χ4v) is 2.32. The first-order valence-electron chi connectivity index (χ1n) is 4.33. The van der Waals surface area contributed by atoms with E-state index >= 15 is 0 Å². The molecule has 0 saturated carbocycles. The lowest BCUT2D eigenvalue weighted by atomic mass is 10.3. The molecule has 0 N–H and O–H groups in total. The SMILES string of the molecule is Fc1cc(Br)ccc1OCc1cnc(Cl)s1. The van der Waals surface area contributed by atoms with Crippen molar-refractivity contribution in [2.24, 2.45) is 0 Å². The number of aromatic nitrogens is 1. The van der Waals surface area contributed by atoms with E-state index in [1.54, 1.807) is 18.3 Å². The van der Waals surface area contributed by atoms with E-state index in [4.69, 9.17) is 16.3 Å². The van der Waals surface area contributed by atoms with Gasteiger partial charge in [-0.25, -0.2) is 9.37 Å². The van der Waals surface area contributed by atoms with E-state index in [-0.39, 0.29) is 12.4 Å². The number of nitrogens with zero attached hydrogens (tertiary/aromatic N) is 1. The lowest BCUT2D eigenvalue weighted by Crippen LogP contribution is -1.95. The Morgan fingerprint density at radius 2 is 2.31 bits per heavy atom. The van der Waals surface area contributed by atoms with Crippen LogP contribution in [0, 0.1) is 5.82 Å². The van der Waals surface area contributed by atoms with Gasteiger partial charge in [0.05, 0.1) is 4.88 Å². The summed E-state index contributed by atoms with van der Waals surface area (Å²) in [6.07, 6.45) is 1.61. The molecule has 2 nitrogen and oxygen atoms in total. The number of ether oxygens (including phenoxy) is 1. The molecule has 0 bridgehead atoms. The first-order chi connectivity index (χ1) is 7.65. The van der Waals surface area contributed by atoms with Gasteiger partial charge in [-0.3, -0.25) is 0 Å². The highest BCUT2D eigenvalue weighted by Crippen LogP contribution is 2.24. The van der Waals surface area contributed by atoms with Crippen molar-refractivity contribution in [1.29, 1.82) is 0 Å². The first-order valence-corrected chi connectivity index (χ1v) is 6.32. The highest BCUT2D eigenvalue weighted by molar-refractivity contribution is 9.10. The predicted octanol–water partition coefficient (Wildman–Crippen LogP) is 4.28. The quantitative estimate of drug-likeness (QED) is 0.841. The highest BCUT2D eigenvalue weighted by Gasteiger charge is 2.05. The summed E-state index contributed by atoms with van der Waals surface area (Å²) in [4.78, 5) is 4.72. The van der Waals surface area contributed by atoms with Crippen molar-refractivity contribution in [3.05, 3.63) is 44.0 Å². The van der Waals surface area contributed by atoms with Gasteiger partial charge in [-0.1, -0.05) is 27.5 Å². The maximum Gasteiger partial charge on any atom is 0.183 e. The van der Waals surface area contributed by atoms with Gasteiger partial charge in [-0.15, -0.1) is 11.3 Å². The molecule has 2 rings (SSSR count). The van der Waals surface area contributed by atoms with E-state index in [1.165, 1.54) is 17.4 Å². The molecule has 0 aliphatic heterocycles. The molecule has 0 unspecified atom stereocenters. The molecule has 6 heteroatoms. The fraction of sp³-hybridized carbons (Fsp3) is 0.100. The van der Waals surface area contributed by atoms with Crippen LogP contribution >= 0.6 is 38.9 Å². The van der Waals surface area contributed by atoms with Crippen LogP contribution in [0.5, 0.6) is 5.75 Å². The van der Waals surface area contributed by atoms with Gasteiger partial charge in [0, 0.05) is 10.7 Å². The summed E-state index contributed by atoms with van der Waals surface area (Å²) >= 11 is 10.2. The molecule has 16 heavy (non-hydrogen) atoms. The largest absolute Gasteiger partial charge is 0.485 e. The molecular formula is C10H6BrClFNOS. The lowest BCUT2D eigenvalue weighted by Gasteiger charge is -2.05. The molecule has 2 aromatic rings. The van der Waals surface area contributed by atoms with Crippen LogP contribution < -0.4 is 4.74 Å². The molecule has 1 heterocycles. The van der Waals surface area contributed by atoms with Gasteiger partial charge in [0.25, 0.3) is 0 Å². The van der Waals surface area contributed by atoms with Crippen LogP contribution in [0.15, 0.2) is 28.9 Å². The van der Waals surface area contributed by atoms with Crippen molar-refractivity contribution in [2.45, 2.75) is 6.61 Å². The number of halogens is 3. The summed E-state index contributed by atoms with van der Waals surface area (Å²) in [6.45, 7) is 0.267. The van der Waals surface area contributed by atoms with E-state index in [0.29, 0.717) is 8.94 Å². The van der Waals surface area contributed by atoms with E-state index in [1.807, 2.05) is 0 Å². The van der Waals surface area contributed by atoms with Crippen LogP contribution in [0.25, 0.3) is 0 Å². The summed E-state index contributed by atoms with van der Waals surface area (Å²) in [6, 6.07) is 4.65. The number of hydrogen-bond donors (Lipinski definition) is 0. The van der Waals surface area contributed by atoms with E-state index in [2.05, 4.69) is 20.9 Å². The van der Waals surface area contributed by atoms with Crippen molar-refractivity contribution in [2.75, 3.05) is 0 Å². The zero-order valence-electron chi connectivity index (χ0n) is 7.91. The van der Waals surface area contributed by atoms with E-state index < -0.39 is 5.82 Å². The first kappa shape index (κ1) is 11.8. The van der Waals surface area contributed by atoms with Crippen molar-refractivity contribution < 1.29 is 9.13 Å². The van der Waals surface area contributed by atoms with E-state index in [9.17, 15) is 4.39 Å². The minimum absolute atomic E-state index is 0.215. The van der Waals surface area contributed by atoms with Crippen molar-refractivity contribution in [3.63, 3.8) is 0 Å². The molecule has 0 radical (unpaired) electrons. The van der Waals surface area contributed by atoms with Crippen LogP contribution in [-0.2, 0) is 6.61 Å². The Kier molecular flexibility index (Phi) is 3.78. The van der Waals surface area contributed by atoms with Crippen LogP contribution in [0.4, 0.5) is 4.39 Å². The monoisotopic (exact) mass is 321 g/mol. The highest BCUT2D eigenvalue weighted by atomic mass is 79.9. The molecule has 84 valence electrons. The third kappa shape index (κ3) is 2.93. The molecule has 0 atom stereocenters. The number of rotatable bonds is 3. The van der Waals surface area contributed by atoms with Gasteiger partial charge in [-0.2, -0.15) is 0 Å². The van der Waals surface area contributed by atoms with Crippen molar-refractivity contribution in [1.82, 2.24) is 4.98 Å². The Hall–Kier alpha value is -0.650. The number of benzene rings is 1. The second-order valence-corrected chi connectivity index (χ2v) is 5.56. The Labute approximate surface area is 109 Å². The minimum atomic E-state index is -0.398. The summed E-state index contributed by atoms with van der Waals surface area (Å²) in [7, 11) is 0. The maximum atomic E-state index is 13.4. The summed E-state index contributed by atoms with van der Waals surface area (Å²) in [5.41, 5.74) is 0. The Bertz CT molecular complexity index is 505. The zero-order valence-corrected chi connectivity index (χ0v) is 11.1. The Morgan fingerprint density at radius 3 is 2.94 bits per heavy atom. The van der Waals surface area contributed by atoms with Gasteiger partial charge < -0.3 is 4.74 Å². The Balaban J connectivity index is 2.04. The predicted molar refractivity (Wildman–Crippen MR) is 65.6 cm³/mol. The average molecular weight is 323 g/mol. The molecule has 0 aliphatic rings. The van der Waals surface area contributed by atoms with Crippen LogP contribution in [0.2, 0.25) is 4.47 Å². The molecule has 0 aliphatic carbocycles. The summed E-state index contributed by atoms with van der Waals surface area (Å²) in [5.74, 6) is -0.183. The maximum absolute atomic E-state index is 13.4. The van der Waals surface area contributed by atoms with Crippen LogP contribution in [-0.4, -0.2) is 4.98 Å². The third-order valence-electron chi connectivity index (χ3n) is 1.79. The zero-order chi connectivity index (χ0) is 11.5. The van der Waals surface area contributed by atoms with Gasteiger partial charge in [0.15, 0.2) is 16.0 Å². The van der Waals surface area contributed by atoms with Gasteiger partial charge in [0.2, 0.25) is 0 Å². The van der Waals surface area contributed by atoms with Gasteiger partial charge in [0.1, 0.15) is 6.61 Å². The topological polar surface area (TPSA) is 22.1 Å². The molecular weight excluding hydrogens is 317 g/mol. The Morgan fingerprint density at radius 1 is 1.50 bits per heavy atom. The molecule has 0 saturated heterocycles. The fourth-order valence-electron chi connectivity index (χ4n) is 1.09. The number of thiazole rings is 1. The normalized spacial score (nSPS) is 10.4. The van der Waals surface area contributed by atoms with Crippen molar-refractivity contribution in [3.8, 4) is 5.75 Å². The second-order valence-electron chi connectivity index (χ2n) is 2.94. The van der Waals surface area contributed by atoms with Crippen LogP contribution in [0.1, 0.15) is 4.88 Å². The van der Waals surface area contributed by atoms with E-state index in [0.717, 1.165) is 4.88 Å². The third-order valence-corrected chi connectivity index (χ3v) is 3.37. The smallest absolute Gasteiger partial charge is 0.183 e. The molecule has 1 aromatic carbocycles. The molecule has 0 amide bonds. The second kappa shape index (κ2) is 5.12. The standard InChI is InChI=1S/C10H6BrClFNOS/c11-6-1-2-9(8(13)3-6)15-5-7-4-14-10(12)16-7/h1-4H,5H2. The van der Waals surface area contributed by atoms with Crippen LogP contribution in [0.3, 0.4) is 0 Å². The van der Waals surface area contributed by atoms with Gasteiger partial charge in [-0.05, 0) is 18.2 Å². The molecule has 1 aromatic heterocycles. The number of hydrogen-bond acceptors (Lipinski definition) is 3. The van der Waals surface area contributed by atoms with Gasteiger partial charge >= 0.3 is 0 Å². The molecule has 0 spiro atoms. The van der Waals surface area contributed by atoms with Crippen molar-refractivity contribution >= 4 is 38.9 Å². The average Bonchev–Trinajstić information content (AvgIpc) is 2.63. The molecule has 0 fully saturated rings. The lowest BCUT2D eigenvalue weighted by molar-refractivity contribution is 0.293. The summed E-state index contributed by atoms with van der Waals surface area (Å²) < 4.78 is 19.8. The minimum Gasteiger partial charge on any atom is -0.485 e. The summed E-state index contributed by atoms with van der Waals surface area (Å²) in [5, 5.41) is 0.